The first-order chi connectivity index (χ1) is 14.7. The van der Waals surface area contributed by atoms with Crippen molar-refractivity contribution in [3.63, 3.8) is 0 Å². The highest BCUT2D eigenvalue weighted by atomic mass is 16.5. The normalized spacial score (nSPS) is 14.6. The second-order valence-electron chi connectivity index (χ2n) is 7.01. The van der Waals surface area contributed by atoms with Crippen molar-refractivity contribution < 1.29 is 23.4 Å². The van der Waals surface area contributed by atoms with Crippen LogP contribution < -0.4 is 19.6 Å². The fourth-order valence-corrected chi connectivity index (χ4v) is 3.52. The van der Waals surface area contributed by atoms with Crippen LogP contribution in [0, 0.1) is 0 Å². The fraction of sp³-hybridized carbons (Fsp3) is 0.348. The standard InChI is InChI=1S/C23H25NO6/c1-26-20-6-3-16(13-22(20)27-2)19-15-30-21-14-17(4-5-18(21)23(19)25)29-12-9-24-7-10-28-11-8-24/h3-6,13-15H,7-12H2,1-2H3. The van der Waals surface area contributed by atoms with Crippen LogP contribution in [-0.4, -0.2) is 58.6 Å². The van der Waals surface area contributed by atoms with Crippen molar-refractivity contribution in [2.75, 3.05) is 53.7 Å². The van der Waals surface area contributed by atoms with Crippen LogP contribution in [0.3, 0.4) is 0 Å². The molecule has 0 saturated carbocycles. The van der Waals surface area contributed by atoms with Crippen LogP contribution in [0.1, 0.15) is 0 Å². The van der Waals surface area contributed by atoms with E-state index in [-0.39, 0.29) is 5.43 Å². The molecule has 1 saturated heterocycles. The molecule has 3 aromatic rings. The van der Waals surface area contributed by atoms with E-state index in [9.17, 15) is 4.79 Å². The molecule has 7 heteroatoms. The molecule has 1 aliphatic heterocycles. The number of methoxy groups -OCH3 is 2. The van der Waals surface area contributed by atoms with Crippen molar-refractivity contribution in [2.24, 2.45) is 0 Å². The van der Waals surface area contributed by atoms with Crippen molar-refractivity contribution in [1.82, 2.24) is 4.90 Å². The summed E-state index contributed by atoms with van der Waals surface area (Å²) >= 11 is 0. The largest absolute Gasteiger partial charge is 0.493 e. The number of hydrogen-bond donors (Lipinski definition) is 0. The SMILES string of the molecule is COc1ccc(-c2coc3cc(OCCN4CCOCC4)ccc3c2=O)cc1OC. The molecule has 0 atom stereocenters. The van der Waals surface area contributed by atoms with Gasteiger partial charge in [-0.2, -0.15) is 0 Å². The van der Waals surface area contributed by atoms with Gasteiger partial charge in [-0.05, 0) is 29.8 Å². The van der Waals surface area contributed by atoms with Gasteiger partial charge in [0, 0.05) is 25.7 Å². The average molecular weight is 411 g/mol. The highest BCUT2D eigenvalue weighted by Gasteiger charge is 2.14. The lowest BCUT2D eigenvalue weighted by molar-refractivity contribution is 0.0322. The van der Waals surface area contributed by atoms with E-state index in [2.05, 4.69) is 4.90 Å². The van der Waals surface area contributed by atoms with Gasteiger partial charge in [0.1, 0.15) is 24.2 Å². The van der Waals surface area contributed by atoms with Crippen LogP contribution in [0.25, 0.3) is 22.1 Å². The Balaban J connectivity index is 1.53. The van der Waals surface area contributed by atoms with Gasteiger partial charge in [-0.25, -0.2) is 0 Å². The molecule has 7 nitrogen and oxygen atoms in total. The third-order valence-corrected chi connectivity index (χ3v) is 5.22. The minimum Gasteiger partial charge on any atom is -0.493 e. The number of morpholine rings is 1. The Labute approximate surface area is 174 Å². The molecule has 2 aromatic carbocycles. The Morgan fingerprint density at radius 3 is 2.57 bits per heavy atom. The Hall–Kier alpha value is -3.03. The van der Waals surface area contributed by atoms with Gasteiger partial charge < -0.3 is 23.4 Å². The summed E-state index contributed by atoms with van der Waals surface area (Å²) in [5, 5.41) is 0.503. The first kappa shape index (κ1) is 20.3. The lowest BCUT2D eigenvalue weighted by Crippen LogP contribution is -2.38. The van der Waals surface area contributed by atoms with Crippen LogP contribution in [0.5, 0.6) is 17.2 Å². The lowest BCUT2D eigenvalue weighted by Gasteiger charge is -2.26. The van der Waals surface area contributed by atoms with E-state index in [4.69, 9.17) is 23.4 Å². The number of ether oxygens (including phenoxy) is 4. The monoisotopic (exact) mass is 411 g/mol. The average Bonchev–Trinajstić information content (AvgIpc) is 2.79. The number of rotatable bonds is 7. The predicted octanol–water partition coefficient (Wildman–Crippen LogP) is 3.19. The van der Waals surface area contributed by atoms with Crippen molar-refractivity contribution in [3.8, 4) is 28.4 Å². The van der Waals surface area contributed by atoms with E-state index >= 15 is 0 Å². The predicted molar refractivity (Wildman–Crippen MR) is 114 cm³/mol. The first-order valence-electron chi connectivity index (χ1n) is 9.90. The lowest BCUT2D eigenvalue weighted by atomic mass is 10.0. The zero-order chi connectivity index (χ0) is 20.9. The third kappa shape index (κ3) is 4.27. The zero-order valence-electron chi connectivity index (χ0n) is 17.2. The zero-order valence-corrected chi connectivity index (χ0v) is 17.2. The van der Waals surface area contributed by atoms with Crippen LogP contribution in [0.15, 0.2) is 51.9 Å². The van der Waals surface area contributed by atoms with Gasteiger partial charge in [0.25, 0.3) is 0 Å². The second kappa shape index (κ2) is 9.19. The highest BCUT2D eigenvalue weighted by Crippen LogP contribution is 2.32. The molecule has 2 heterocycles. The molecule has 0 radical (unpaired) electrons. The van der Waals surface area contributed by atoms with Gasteiger partial charge in [-0.1, -0.05) is 6.07 Å². The van der Waals surface area contributed by atoms with Crippen molar-refractivity contribution in [1.29, 1.82) is 0 Å². The Morgan fingerprint density at radius 2 is 1.80 bits per heavy atom. The molecule has 30 heavy (non-hydrogen) atoms. The molecule has 1 aliphatic rings. The third-order valence-electron chi connectivity index (χ3n) is 5.22. The van der Waals surface area contributed by atoms with Gasteiger partial charge in [0.05, 0.1) is 38.4 Å². The molecule has 0 amide bonds. The van der Waals surface area contributed by atoms with Crippen molar-refractivity contribution in [2.45, 2.75) is 0 Å². The second-order valence-corrected chi connectivity index (χ2v) is 7.01. The van der Waals surface area contributed by atoms with Crippen LogP contribution >= 0.6 is 0 Å². The Kier molecular flexibility index (Phi) is 6.21. The summed E-state index contributed by atoms with van der Waals surface area (Å²) in [6, 6.07) is 10.6. The minimum absolute atomic E-state index is 0.108. The highest BCUT2D eigenvalue weighted by molar-refractivity contribution is 5.83. The first-order valence-corrected chi connectivity index (χ1v) is 9.90. The molecule has 0 N–H and O–H groups in total. The molecule has 4 rings (SSSR count). The minimum atomic E-state index is -0.108. The Morgan fingerprint density at radius 1 is 1.00 bits per heavy atom. The summed E-state index contributed by atoms with van der Waals surface area (Å²) in [6.07, 6.45) is 1.48. The van der Waals surface area contributed by atoms with Gasteiger partial charge in [-0.15, -0.1) is 0 Å². The summed E-state index contributed by atoms with van der Waals surface area (Å²) in [5.41, 5.74) is 1.55. The molecule has 0 aliphatic carbocycles. The van der Waals surface area contributed by atoms with E-state index < -0.39 is 0 Å². The number of fused-ring (bicyclic) bond motifs is 1. The Bertz CT molecular complexity index is 1070. The quantitative estimate of drug-likeness (QED) is 0.591. The van der Waals surface area contributed by atoms with Crippen LogP contribution in [-0.2, 0) is 4.74 Å². The van der Waals surface area contributed by atoms with Crippen molar-refractivity contribution >= 4 is 11.0 Å². The van der Waals surface area contributed by atoms with E-state index in [1.54, 1.807) is 44.6 Å². The maximum absolute atomic E-state index is 13.0. The van der Waals surface area contributed by atoms with Gasteiger partial charge in [0.15, 0.2) is 16.9 Å². The van der Waals surface area contributed by atoms with Gasteiger partial charge >= 0.3 is 0 Å². The fourth-order valence-electron chi connectivity index (χ4n) is 3.52. The summed E-state index contributed by atoms with van der Waals surface area (Å²) in [6.45, 7) is 4.79. The van der Waals surface area contributed by atoms with E-state index in [1.165, 1.54) is 6.26 Å². The smallest absolute Gasteiger partial charge is 0.200 e. The molecule has 0 bridgehead atoms. The maximum Gasteiger partial charge on any atom is 0.200 e. The summed E-state index contributed by atoms with van der Waals surface area (Å²) in [4.78, 5) is 15.3. The van der Waals surface area contributed by atoms with Gasteiger partial charge in [0.2, 0.25) is 0 Å². The maximum atomic E-state index is 13.0. The number of hydrogen-bond acceptors (Lipinski definition) is 7. The van der Waals surface area contributed by atoms with Crippen LogP contribution in [0.4, 0.5) is 0 Å². The molecular weight excluding hydrogens is 386 g/mol. The summed E-state index contributed by atoms with van der Waals surface area (Å²) in [5.74, 6) is 1.83. The number of nitrogens with zero attached hydrogens (tertiary/aromatic N) is 1. The van der Waals surface area contributed by atoms with E-state index in [0.29, 0.717) is 46.0 Å². The summed E-state index contributed by atoms with van der Waals surface area (Å²) < 4.78 is 27.6. The number of benzene rings is 2. The molecule has 0 spiro atoms. The topological polar surface area (TPSA) is 70.4 Å². The van der Waals surface area contributed by atoms with E-state index in [1.807, 2.05) is 6.07 Å². The summed E-state index contributed by atoms with van der Waals surface area (Å²) in [7, 11) is 3.13. The van der Waals surface area contributed by atoms with E-state index in [0.717, 1.165) is 32.8 Å². The molecule has 158 valence electrons. The molecule has 0 unspecified atom stereocenters. The molecule has 1 aromatic heterocycles. The van der Waals surface area contributed by atoms with Crippen molar-refractivity contribution in [3.05, 3.63) is 52.9 Å². The van der Waals surface area contributed by atoms with Gasteiger partial charge in [-0.3, -0.25) is 9.69 Å². The molecule has 1 fully saturated rings. The van der Waals surface area contributed by atoms with Crippen LogP contribution in [0.2, 0.25) is 0 Å². The molecular formula is C23H25NO6.